The standard InChI is InChI=1S/C17H17N/c1-3-7-14(8-4-1)11-17-12-16(13-18-17)15-9-5-2-6-10-15/h1-10,16H,11-13H2. The van der Waals surface area contributed by atoms with E-state index in [1.807, 2.05) is 0 Å². The first-order valence-electron chi connectivity index (χ1n) is 6.53. The summed E-state index contributed by atoms with van der Waals surface area (Å²) in [6.07, 6.45) is 2.11. The predicted octanol–water partition coefficient (Wildman–Crippen LogP) is 3.86. The SMILES string of the molecule is c1ccc(CC2=NCC(c3ccccc3)C2)cc1. The second-order valence-corrected chi connectivity index (χ2v) is 4.88. The van der Waals surface area contributed by atoms with Crippen LogP contribution in [0.1, 0.15) is 23.5 Å². The summed E-state index contributed by atoms with van der Waals surface area (Å²) in [5.74, 6) is 0.588. The molecular weight excluding hydrogens is 218 g/mol. The van der Waals surface area contributed by atoms with Crippen molar-refractivity contribution >= 4 is 5.71 Å². The minimum Gasteiger partial charge on any atom is -0.293 e. The topological polar surface area (TPSA) is 12.4 Å². The highest BCUT2D eigenvalue weighted by molar-refractivity contribution is 5.88. The van der Waals surface area contributed by atoms with Crippen molar-refractivity contribution in [3.63, 3.8) is 0 Å². The van der Waals surface area contributed by atoms with Crippen molar-refractivity contribution in [3.05, 3.63) is 71.8 Å². The van der Waals surface area contributed by atoms with E-state index in [9.17, 15) is 0 Å². The highest BCUT2D eigenvalue weighted by Gasteiger charge is 2.19. The van der Waals surface area contributed by atoms with Crippen molar-refractivity contribution in [3.8, 4) is 0 Å². The molecule has 0 saturated heterocycles. The molecule has 0 aliphatic carbocycles. The van der Waals surface area contributed by atoms with Crippen LogP contribution in [0, 0.1) is 0 Å². The lowest BCUT2D eigenvalue weighted by Gasteiger charge is -2.08. The summed E-state index contributed by atoms with van der Waals surface area (Å²) in [6, 6.07) is 21.3. The average molecular weight is 235 g/mol. The fourth-order valence-corrected chi connectivity index (χ4v) is 2.56. The molecule has 2 aromatic rings. The fourth-order valence-electron chi connectivity index (χ4n) is 2.56. The van der Waals surface area contributed by atoms with Crippen molar-refractivity contribution in [1.82, 2.24) is 0 Å². The second-order valence-electron chi connectivity index (χ2n) is 4.88. The zero-order valence-corrected chi connectivity index (χ0v) is 10.4. The molecule has 1 atom stereocenters. The van der Waals surface area contributed by atoms with E-state index in [4.69, 9.17) is 4.99 Å². The molecule has 18 heavy (non-hydrogen) atoms. The number of aliphatic imine (C=N–C) groups is 1. The zero-order valence-electron chi connectivity index (χ0n) is 10.4. The van der Waals surface area contributed by atoms with E-state index in [1.54, 1.807) is 0 Å². The van der Waals surface area contributed by atoms with Gasteiger partial charge in [0.25, 0.3) is 0 Å². The second kappa shape index (κ2) is 5.18. The Morgan fingerprint density at radius 2 is 1.56 bits per heavy atom. The van der Waals surface area contributed by atoms with Gasteiger partial charge in [-0.2, -0.15) is 0 Å². The van der Waals surface area contributed by atoms with Gasteiger partial charge in [0.1, 0.15) is 0 Å². The Balaban J connectivity index is 1.65. The van der Waals surface area contributed by atoms with Gasteiger partial charge in [-0.1, -0.05) is 60.7 Å². The largest absolute Gasteiger partial charge is 0.293 e. The summed E-state index contributed by atoms with van der Waals surface area (Å²) >= 11 is 0. The van der Waals surface area contributed by atoms with E-state index in [-0.39, 0.29) is 0 Å². The van der Waals surface area contributed by atoms with Crippen LogP contribution in [-0.2, 0) is 6.42 Å². The molecular formula is C17H17N. The van der Waals surface area contributed by atoms with Crippen LogP contribution in [0.25, 0.3) is 0 Å². The Labute approximate surface area is 108 Å². The maximum Gasteiger partial charge on any atom is 0.0461 e. The van der Waals surface area contributed by atoms with Gasteiger partial charge in [-0.05, 0) is 17.5 Å². The lowest BCUT2D eigenvalue weighted by Crippen LogP contribution is -2.03. The quantitative estimate of drug-likeness (QED) is 0.766. The summed E-state index contributed by atoms with van der Waals surface area (Å²) in [7, 11) is 0. The molecule has 0 saturated carbocycles. The van der Waals surface area contributed by atoms with Crippen molar-refractivity contribution < 1.29 is 0 Å². The minimum absolute atomic E-state index is 0.588. The molecule has 0 N–H and O–H groups in total. The molecule has 1 nitrogen and oxygen atoms in total. The summed E-state index contributed by atoms with van der Waals surface area (Å²) in [5.41, 5.74) is 4.13. The fraction of sp³-hybridized carbons (Fsp3) is 0.235. The van der Waals surface area contributed by atoms with Gasteiger partial charge in [0.15, 0.2) is 0 Å². The van der Waals surface area contributed by atoms with Gasteiger partial charge in [-0.25, -0.2) is 0 Å². The van der Waals surface area contributed by atoms with Crippen LogP contribution >= 0.6 is 0 Å². The van der Waals surface area contributed by atoms with E-state index in [1.165, 1.54) is 16.8 Å². The summed E-state index contributed by atoms with van der Waals surface area (Å²) in [5, 5.41) is 0. The number of hydrogen-bond acceptors (Lipinski definition) is 1. The maximum atomic E-state index is 4.71. The van der Waals surface area contributed by atoms with Crippen molar-refractivity contribution in [2.75, 3.05) is 6.54 Å². The normalized spacial score (nSPS) is 18.7. The number of benzene rings is 2. The van der Waals surface area contributed by atoms with E-state index < -0.39 is 0 Å². The molecule has 0 radical (unpaired) electrons. The molecule has 2 aromatic carbocycles. The van der Waals surface area contributed by atoms with Crippen molar-refractivity contribution in [1.29, 1.82) is 0 Å². The zero-order chi connectivity index (χ0) is 12.2. The summed E-state index contributed by atoms with van der Waals surface area (Å²) < 4.78 is 0. The van der Waals surface area contributed by atoms with Gasteiger partial charge in [0.2, 0.25) is 0 Å². The van der Waals surface area contributed by atoms with Crippen LogP contribution in [0.3, 0.4) is 0 Å². The van der Waals surface area contributed by atoms with Crippen LogP contribution in [0.5, 0.6) is 0 Å². The smallest absolute Gasteiger partial charge is 0.0461 e. The molecule has 1 aliphatic heterocycles. The van der Waals surface area contributed by atoms with Gasteiger partial charge in [-0.3, -0.25) is 4.99 Å². The first-order valence-corrected chi connectivity index (χ1v) is 6.53. The monoisotopic (exact) mass is 235 g/mol. The highest BCUT2D eigenvalue weighted by atomic mass is 14.8. The number of rotatable bonds is 3. The number of hydrogen-bond donors (Lipinski definition) is 0. The molecule has 0 amide bonds. The lowest BCUT2D eigenvalue weighted by atomic mass is 9.94. The van der Waals surface area contributed by atoms with E-state index in [2.05, 4.69) is 60.7 Å². The third-order valence-corrected chi connectivity index (χ3v) is 3.54. The Kier molecular flexibility index (Phi) is 3.22. The van der Waals surface area contributed by atoms with Crippen LogP contribution in [-0.4, -0.2) is 12.3 Å². The van der Waals surface area contributed by atoms with E-state index >= 15 is 0 Å². The van der Waals surface area contributed by atoms with Gasteiger partial charge < -0.3 is 0 Å². The van der Waals surface area contributed by atoms with Crippen LogP contribution in [0.4, 0.5) is 0 Å². The molecule has 1 heteroatoms. The highest BCUT2D eigenvalue weighted by Crippen LogP contribution is 2.26. The minimum atomic E-state index is 0.588. The van der Waals surface area contributed by atoms with Crippen LogP contribution < -0.4 is 0 Å². The van der Waals surface area contributed by atoms with Gasteiger partial charge in [0.05, 0.1) is 0 Å². The van der Waals surface area contributed by atoms with Crippen LogP contribution in [0.15, 0.2) is 65.7 Å². The molecule has 90 valence electrons. The van der Waals surface area contributed by atoms with Crippen LogP contribution in [0.2, 0.25) is 0 Å². The summed E-state index contributed by atoms with van der Waals surface area (Å²) in [6.45, 7) is 0.951. The molecule has 1 unspecified atom stereocenters. The Bertz CT molecular complexity index is 528. The molecule has 0 bridgehead atoms. The molecule has 1 heterocycles. The third kappa shape index (κ3) is 2.51. The average Bonchev–Trinajstić information content (AvgIpc) is 2.89. The van der Waals surface area contributed by atoms with Crippen molar-refractivity contribution in [2.24, 2.45) is 4.99 Å². The molecule has 0 fully saturated rings. The molecule has 1 aliphatic rings. The van der Waals surface area contributed by atoms with E-state index in [0.717, 1.165) is 19.4 Å². The number of nitrogens with zero attached hydrogens (tertiary/aromatic N) is 1. The van der Waals surface area contributed by atoms with Gasteiger partial charge in [-0.15, -0.1) is 0 Å². The first kappa shape index (κ1) is 11.2. The third-order valence-electron chi connectivity index (χ3n) is 3.54. The molecule has 0 aromatic heterocycles. The summed E-state index contributed by atoms with van der Waals surface area (Å²) in [4.78, 5) is 4.71. The predicted molar refractivity (Wildman–Crippen MR) is 76.2 cm³/mol. The Morgan fingerprint density at radius 1 is 0.889 bits per heavy atom. The Morgan fingerprint density at radius 3 is 2.28 bits per heavy atom. The lowest BCUT2D eigenvalue weighted by molar-refractivity contribution is 0.777. The molecule has 3 rings (SSSR count). The van der Waals surface area contributed by atoms with Crippen molar-refractivity contribution in [2.45, 2.75) is 18.8 Å². The van der Waals surface area contributed by atoms with Gasteiger partial charge in [0, 0.05) is 24.6 Å². The van der Waals surface area contributed by atoms with E-state index in [0.29, 0.717) is 5.92 Å². The Hall–Kier alpha value is -1.89. The van der Waals surface area contributed by atoms with Gasteiger partial charge >= 0.3 is 0 Å². The molecule has 0 spiro atoms. The first-order chi connectivity index (χ1) is 8.92. The maximum absolute atomic E-state index is 4.71.